The van der Waals surface area contributed by atoms with Crippen molar-refractivity contribution in [1.29, 1.82) is 0 Å². The zero-order valence-electron chi connectivity index (χ0n) is 16.0. The number of aryl methyl sites for hydroxylation is 2. The number of hydrogen-bond donors (Lipinski definition) is 1. The number of nitrogens with zero attached hydrogens (tertiary/aromatic N) is 3. The van der Waals surface area contributed by atoms with Crippen LogP contribution in [0.5, 0.6) is 0 Å². The molecule has 3 heterocycles. The summed E-state index contributed by atoms with van der Waals surface area (Å²) in [6, 6.07) is 0.373. The molecule has 3 unspecified atom stereocenters. The molecule has 1 aromatic rings. The second kappa shape index (κ2) is 7.18. The van der Waals surface area contributed by atoms with Crippen molar-refractivity contribution < 1.29 is 17.7 Å². The highest BCUT2D eigenvalue weighted by molar-refractivity contribution is 7.89. The van der Waals surface area contributed by atoms with Crippen LogP contribution in [-0.2, 0) is 14.8 Å². The van der Waals surface area contributed by atoms with E-state index in [1.165, 1.54) is 23.6 Å². The third-order valence-corrected chi connectivity index (χ3v) is 8.42. The van der Waals surface area contributed by atoms with Gasteiger partial charge in [-0.25, -0.2) is 8.42 Å². The Labute approximate surface area is 160 Å². The van der Waals surface area contributed by atoms with E-state index >= 15 is 0 Å². The maximum absolute atomic E-state index is 12.9. The highest BCUT2D eigenvalue weighted by atomic mass is 32.2. The van der Waals surface area contributed by atoms with Crippen molar-refractivity contribution >= 4 is 15.9 Å². The standard InChI is InChI=1S/C18H28N4O4S/c1-12-17(13(2)26-20-12)27(24,25)22-9-7-21(8-10-22)18(23)16-11-14-5-3-4-6-15(14)19-16/h14-16,19H,3-11H2,1-2H3. The fourth-order valence-electron chi connectivity index (χ4n) is 4.85. The highest BCUT2D eigenvalue weighted by Gasteiger charge is 2.41. The van der Waals surface area contributed by atoms with Gasteiger partial charge in [0.05, 0.1) is 6.04 Å². The minimum absolute atomic E-state index is 0.108. The molecule has 2 saturated heterocycles. The predicted octanol–water partition coefficient (Wildman–Crippen LogP) is 1.05. The van der Waals surface area contributed by atoms with Crippen LogP contribution in [0.25, 0.3) is 0 Å². The molecule has 3 fully saturated rings. The van der Waals surface area contributed by atoms with Crippen molar-refractivity contribution in [3.8, 4) is 0 Å². The molecule has 3 aliphatic rings. The lowest BCUT2D eigenvalue weighted by Crippen LogP contribution is -2.54. The van der Waals surface area contributed by atoms with Crippen molar-refractivity contribution in [1.82, 2.24) is 19.7 Å². The normalized spacial score (nSPS) is 29.7. The summed E-state index contributed by atoms with van der Waals surface area (Å²) in [5.41, 5.74) is 0.378. The predicted molar refractivity (Wildman–Crippen MR) is 98.6 cm³/mol. The molecule has 8 nitrogen and oxygen atoms in total. The molecule has 1 saturated carbocycles. The number of fused-ring (bicyclic) bond motifs is 1. The molecular weight excluding hydrogens is 368 g/mol. The molecule has 1 aromatic heterocycles. The number of carbonyl (C=O) groups excluding carboxylic acids is 1. The van der Waals surface area contributed by atoms with Gasteiger partial charge in [0.15, 0.2) is 5.76 Å². The van der Waals surface area contributed by atoms with Crippen LogP contribution in [0.4, 0.5) is 0 Å². The molecular formula is C18H28N4O4S. The summed E-state index contributed by atoms with van der Waals surface area (Å²) < 4.78 is 32.3. The first-order valence-electron chi connectivity index (χ1n) is 9.86. The summed E-state index contributed by atoms with van der Waals surface area (Å²) in [4.78, 5) is 14.9. The number of aromatic nitrogens is 1. The van der Waals surface area contributed by atoms with Crippen molar-refractivity contribution in [2.45, 2.75) is 62.9 Å². The van der Waals surface area contributed by atoms with E-state index < -0.39 is 10.0 Å². The van der Waals surface area contributed by atoms with Crippen LogP contribution in [0, 0.1) is 19.8 Å². The Bertz CT molecular complexity index is 780. The molecule has 0 aromatic carbocycles. The monoisotopic (exact) mass is 396 g/mol. The number of sulfonamides is 1. The number of amides is 1. The smallest absolute Gasteiger partial charge is 0.248 e. The van der Waals surface area contributed by atoms with Gasteiger partial charge in [-0.1, -0.05) is 18.0 Å². The second-order valence-corrected chi connectivity index (χ2v) is 9.86. The molecule has 2 aliphatic heterocycles. The third kappa shape index (κ3) is 3.40. The molecule has 1 amide bonds. The van der Waals surface area contributed by atoms with E-state index in [1.54, 1.807) is 13.8 Å². The van der Waals surface area contributed by atoms with Gasteiger partial charge in [0, 0.05) is 32.2 Å². The minimum Gasteiger partial charge on any atom is -0.360 e. The van der Waals surface area contributed by atoms with Crippen LogP contribution in [0.2, 0.25) is 0 Å². The van der Waals surface area contributed by atoms with Crippen molar-refractivity contribution in [3.63, 3.8) is 0 Å². The first-order valence-corrected chi connectivity index (χ1v) is 11.3. The lowest BCUT2D eigenvalue weighted by atomic mass is 9.85. The van der Waals surface area contributed by atoms with E-state index in [0.717, 1.165) is 12.8 Å². The van der Waals surface area contributed by atoms with Crippen LogP contribution in [0.15, 0.2) is 9.42 Å². The van der Waals surface area contributed by atoms with E-state index in [2.05, 4.69) is 10.5 Å². The second-order valence-electron chi connectivity index (χ2n) is 7.99. The zero-order valence-corrected chi connectivity index (χ0v) is 16.8. The summed E-state index contributed by atoms with van der Waals surface area (Å²) in [6.07, 6.45) is 5.80. The quantitative estimate of drug-likeness (QED) is 0.820. The molecule has 3 atom stereocenters. The molecule has 1 N–H and O–H groups in total. The van der Waals surface area contributed by atoms with Crippen LogP contribution in [0.1, 0.15) is 43.6 Å². The minimum atomic E-state index is -3.64. The Morgan fingerprint density at radius 3 is 2.48 bits per heavy atom. The number of carbonyl (C=O) groups is 1. The molecule has 0 bridgehead atoms. The van der Waals surface area contributed by atoms with E-state index in [0.29, 0.717) is 49.6 Å². The Hall–Kier alpha value is -1.45. The fraction of sp³-hybridized carbons (Fsp3) is 0.778. The van der Waals surface area contributed by atoms with Gasteiger partial charge in [-0.2, -0.15) is 4.31 Å². The Balaban J connectivity index is 1.38. The number of hydrogen-bond acceptors (Lipinski definition) is 6. The van der Waals surface area contributed by atoms with E-state index in [4.69, 9.17) is 4.52 Å². The summed E-state index contributed by atoms with van der Waals surface area (Å²) in [5.74, 6) is 1.05. The molecule has 4 rings (SSSR count). The van der Waals surface area contributed by atoms with Crippen LogP contribution in [0.3, 0.4) is 0 Å². The van der Waals surface area contributed by atoms with E-state index in [1.807, 2.05) is 4.90 Å². The number of nitrogens with one attached hydrogen (secondary N) is 1. The molecule has 27 heavy (non-hydrogen) atoms. The Kier molecular flexibility index (Phi) is 5.02. The molecule has 1 aliphatic carbocycles. The largest absolute Gasteiger partial charge is 0.360 e. The topological polar surface area (TPSA) is 95.8 Å². The molecule has 0 radical (unpaired) electrons. The van der Waals surface area contributed by atoms with Gasteiger partial charge >= 0.3 is 0 Å². The first kappa shape index (κ1) is 18.9. The van der Waals surface area contributed by atoms with Gasteiger partial charge in [0.1, 0.15) is 10.6 Å². The van der Waals surface area contributed by atoms with Gasteiger partial charge in [0.25, 0.3) is 0 Å². The summed E-state index contributed by atoms with van der Waals surface area (Å²) >= 11 is 0. The number of piperazine rings is 1. The summed E-state index contributed by atoms with van der Waals surface area (Å²) in [7, 11) is -3.64. The lowest BCUT2D eigenvalue weighted by Gasteiger charge is -2.35. The maximum Gasteiger partial charge on any atom is 0.248 e. The van der Waals surface area contributed by atoms with Crippen molar-refractivity contribution in [2.75, 3.05) is 26.2 Å². The maximum atomic E-state index is 12.9. The Morgan fingerprint density at radius 2 is 1.85 bits per heavy atom. The molecule has 150 valence electrons. The lowest BCUT2D eigenvalue weighted by molar-refractivity contribution is -0.134. The summed E-state index contributed by atoms with van der Waals surface area (Å²) in [5, 5.41) is 7.28. The van der Waals surface area contributed by atoms with E-state index in [9.17, 15) is 13.2 Å². The zero-order chi connectivity index (χ0) is 19.2. The van der Waals surface area contributed by atoms with E-state index in [-0.39, 0.29) is 16.8 Å². The Morgan fingerprint density at radius 1 is 1.15 bits per heavy atom. The fourth-order valence-corrected chi connectivity index (χ4v) is 6.57. The van der Waals surface area contributed by atoms with Crippen LogP contribution >= 0.6 is 0 Å². The van der Waals surface area contributed by atoms with Gasteiger partial charge in [-0.05, 0) is 39.0 Å². The number of rotatable bonds is 3. The SMILES string of the molecule is Cc1noc(C)c1S(=O)(=O)N1CCN(C(=O)C2CC3CCCCC3N2)CC1. The van der Waals surface area contributed by atoms with Gasteiger partial charge in [-0.3, -0.25) is 4.79 Å². The average Bonchev–Trinajstić information content (AvgIpc) is 3.24. The molecule has 9 heteroatoms. The molecule has 0 spiro atoms. The van der Waals surface area contributed by atoms with Crippen LogP contribution < -0.4 is 5.32 Å². The van der Waals surface area contributed by atoms with Gasteiger partial charge in [-0.15, -0.1) is 0 Å². The van der Waals surface area contributed by atoms with Crippen molar-refractivity contribution in [2.24, 2.45) is 5.92 Å². The summed E-state index contributed by atoms with van der Waals surface area (Å²) in [6.45, 7) is 4.70. The highest BCUT2D eigenvalue weighted by Crippen LogP contribution is 2.34. The average molecular weight is 397 g/mol. The van der Waals surface area contributed by atoms with Crippen LogP contribution in [-0.4, -0.2) is 66.9 Å². The third-order valence-electron chi connectivity index (χ3n) is 6.28. The van der Waals surface area contributed by atoms with Gasteiger partial charge in [0.2, 0.25) is 15.9 Å². The van der Waals surface area contributed by atoms with Crippen molar-refractivity contribution in [3.05, 3.63) is 11.5 Å². The first-order chi connectivity index (χ1) is 12.9. The van der Waals surface area contributed by atoms with Gasteiger partial charge < -0.3 is 14.7 Å².